The van der Waals surface area contributed by atoms with E-state index in [4.69, 9.17) is 0 Å². The maximum absolute atomic E-state index is 12.4. The molecule has 1 aromatic heterocycles. The zero-order valence-electron chi connectivity index (χ0n) is 14.2. The number of nitrogens with one attached hydrogen (secondary N) is 2. The molecule has 0 aliphatic carbocycles. The monoisotopic (exact) mass is 340 g/mol. The molecule has 0 atom stereocenters. The summed E-state index contributed by atoms with van der Waals surface area (Å²) in [6.45, 7) is 4.15. The summed E-state index contributed by atoms with van der Waals surface area (Å²) in [7, 11) is 0. The molecule has 0 unspecified atom stereocenters. The van der Waals surface area contributed by atoms with Crippen molar-refractivity contribution in [1.82, 2.24) is 20.6 Å². The van der Waals surface area contributed by atoms with Crippen molar-refractivity contribution >= 4 is 22.6 Å². The molecule has 0 radical (unpaired) electrons. The second kappa shape index (κ2) is 8.58. The SMILES string of the molecule is C/C=C/C=C/C(=O)NNC(=O)c1nn(CCC)c(=O)c2ccccc12. The number of nitrogens with zero attached hydrogens (tertiary/aromatic N) is 2. The fourth-order valence-electron chi connectivity index (χ4n) is 2.24. The van der Waals surface area contributed by atoms with E-state index in [9.17, 15) is 14.4 Å². The van der Waals surface area contributed by atoms with Gasteiger partial charge in [0.25, 0.3) is 17.4 Å². The summed E-state index contributed by atoms with van der Waals surface area (Å²) < 4.78 is 1.27. The summed E-state index contributed by atoms with van der Waals surface area (Å²) in [5.41, 5.74) is 4.44. The Morgan fingerprint density at radius 1 is 1.16 bits per heavy atom. The molecule has 0 saturated carbocycles. The van der Waals surface area contributed by atoms with Gasteiger partial charge < -0.3 is 0 Å². The van der Waals surface area contributed by atoms with Gasteiger partial charge in [-0.2, -0.15) is 5.10 Å². The second-order valence-corrected chi connectivity index (χ2v) is 5.25. The number of fused-ring (bicyclic) bond motifs is 1. The van der Waals surface area contributed by atoms with Crippen LogP contribution in [0.2, 0.25) is 0 Å². The van der Waals surface area contributed by atoms with E-state index in [2.05, 4.69) is 16.0 Å². The molecule has 1 aromatic carbocycles. The molecule has 7 nitrogen and oxygen atoms in total. The molecular formula is C18H20N4O3. The van der Waals surface area contributed by atoms with Crippen LogP contribution in [0.25, 0.3) is 10.8 Å². The normalized spacial score (nSPS) is 11.3. The van der Waals surface area contributed by atoms with E-state index in [0.717, 1.165) is 0 Å². The van der Waals surface area contributed by atoms with Gasteiger partial charge >= 0.3 is 0 Å². The van der Waals surface area contributed by atoms with Crippen LogP contribution in [0.4, 0.5) is 0 Å². The quantitative estimate of drug-likeness (QED) is 0.492. The third-order valence-electron chi connectivity index (χ3n) is 3.37. The molecule has 2 N–H and O–H groups in total. The molecule has 2 amide bonds. The molecule has 2 rings (SSSR count). The maximum Gasteiger partial charge on any atom is 0.290 e. The highest BCUT2D eigenvalue weighted by Gasteiger charge is 2.16. The summed E-state index contributed by atoms with van der Waals surface area (Å²) in [5.74, 6) is -1.06. The van der Waals surface area contributed by atoms with Gasteiger partial charge in [-0.15, -0.1) is 0 Å². The van der Waals surface area contributed by atoms with E-state index in [1.807, 2.05) is 13.8 Å². The van der Waals surface area contributed by atoms with Crippen molar-refractivity contribution in [3.05, 3.63) is 64.6 Å². The number of aryl methyl sites for hydroxylation is 1. The van der Waals surface area contributed by atoms with Crippen LogP contribution in [-0.2, 0) is 11.3 Å². The van der Waals surface area contributed by atoms with Crippen LogP contribution >= 0.6 is 0 Å². The average Bonchev–Trinajstić information content (AvgIpc) is 2.62. The van der Waals surface area contributed by atoms with E-state index in [1.165, 1.54) is 10.8 Å². The number of carbonyl (C=O) groups is 2. The Morgan fingerprint density at radius 2 is 1.88 bits per heavy atom. The highest BCUT2D eigenvalue weighted by atomic mass is 16.2. The minimum Gasteiger partial charge on any atom is -0.268 e. The maximum atomic E-state index is 12.4. The van der Waals surface area contributed by atoms with Gasteiger partial charge in [0.2, 0.25) is 0 Å². The van der Waals surface area contributed by atoms with Crippen LogP contribution < -0.4 is 16.4 Å². The number of aromatic nitrogens is 2. The molecule has 7 heteroatoms. The number of allylic oxidation sites excluding steroid dienone is 3. The first-order chi connectivity index (χ1) is 12.1. The predicted molar refractivity (Wildman–Crippen MR) is 95.9 cm³/mol. The van der Waals surface area contributed by atoms with Crippen molar-refractivity contribution in [1.29, 1.82) is 0 Å². The standard InChI is InChI=1S/C18H20N4O3/c1-3-5-6-11-15(23)19-20-17(24)16-13-9-7-8-10-14(13)18(25)22(21-16)12-4-2/h3,5-11H,4,12H2,1-2H3,(H,19,23)(H,20,24)/b5-3+,11-6+. The lowest BCUT2D eigenvalue weighted by molar-refractivity contribution is -0.117. The van der Waals surface area contributed by atoms with Crippen LogP contribution in [0.3, 0.4) is 0 Å². The Bertz CT molecular complexity index is 897. The predicted octanol–water partition coefficient (Wildman–Crippen LogP) is 1.70. The van der Waals surface area contributed by atoms with Crippen molar-refractivity contribution in [2.24, 2.45) is 0 Å². The summed E-state index contributed by atoms with van der Waals surface area (Å²) in [4.78, 5) is 36.4. The van der Waals surface area contributed by atoms with Crippen molar-refractivity contribution < 1.29 is 9.59 Å². The molecule has 0 aliphatic rings. The second-order valence-electron chi connectivity index (χ2n) is 5.25. The zero-order chi connectivity index (χ0) is 18.2. The molecule has 0 fully saturated rings. The van der Waals surface area contributed by atoms with Gasteiger partial charge in [0.15, 0.2) is 5.69 Å². The van der Waals surface area contributed by atoms with Gasteiger partial charge in [-0.1, -0.05) is 43.4 Å². The lowest BCUT2D eigenvalue weighted by Gasteiger charge is -2.10. The zero-order valence-corrected chi connectivity index (χ0v) is 14.2. The fourth-order valence-corrected chi connectivity index (χ4v) is 2.24. The third-order valence-corrected chi connectivity index (χ3v) is 3.37. The molecule has 2 aromatic rings. The Balaban J connectivity index is 2.30. The highest BCUT2D eigenvalue weighted by Crippen LogP contribution is 2.13. The van der Waals surface area contributed by atoms with Gasteiger partial charge in [0.05, 0.1) is 5.39 Å². The van der Waals surface area contributed by atoms with E-state index in [0.29, 0.717) is 23.7 Å². The highest BCUT2D eigenvalue weighted by molar-refractivity contribution is 6.05. The van der Waals surface area contributed by atoms with Gasteiger partial charge in [-0.3, -0.25) is 25.2 Å². The Hall–Kier alpha value is -3.22. The third kappa shape index (κ3) is 4.41. The molecule has 130 valence electrons. The van der Waals surface area contributed by atoms with E-state index < -0.39 is 11.8 Å². The Labute approximate surface area is 145 Å². The summed E-state index contributed by atoms with van der Waals surface area (Å²) >= 11 is 0. The van der Waals surface area contributed by atoms with Crippen molar-refractivity contribution in [2.75, 3.05) is 0 Å². The van der Waals surface area contributed by atoms with E-state index in [1.54, 1.807) is 42.5 Å². The molecule has 0 saturated heterocycles. The number of carbonyl (C=O) groups excluding carboxylic acids is 2. The number of hydrogen-bond donors (Lipinski definition) is 2. The van der Waals surface area contributed by atoms with Gasteiger partial charge in [0.1, 0.15) is 0 Å². The summed E-state index contributed by atoms with van der Waals surface area (Å²) in [5, 5.41) is 5.01. The molecule has 0 spiro atoms. The minimum absolute atomic E-state index is 0.0846. The van der Waals surface area contributed by atoms with E-state index in [-0.39, 0.29) is 11.3 Å². The lowest BCUT2D eigenvalue weighted by atomic mass is 10.1. The molecule has 0 aliphatic heterocycles. The van der Waals surface area contributed by atoms with Crippen molar-refractivity contribution in [3.8, 4) is 0 Å². The van der Waals surface area contributed by atoms with Crippen molar-refractivity contribution in [3.63, 3.8) is 0 Å². The number of amides is 2. The van der Waals surface area contributed by atoms with Gasteiger partial charge in [0, 0.05) is 18.0 Å². The summed E-state index contributed by atoms with van der Waals surface area (Å²) in [6.07, 6.45) is 7.01. The van der Waals surface area contributed by atoms with Crippen LogP contribution in [0.15, 0.2) is 53.4 Å². The van der Waals surface area contributed by atoms with Crippen LogP contribution in [0.5, 0.6) is 0 Å². The molecule has 1 heterocycles. The molecular weight excluding hydrogens is 320 g/mol. The van der Waals surface area contributed by atoms with Crippen LogP contribution in [-0.4, -0.2) is 21.6 Å². The summed E-state index contributed by atoms with van der Waals surface area (Å²) in [6, 6.07) is 6.77. The van der Waals surface area contributed by atoms with Crippen LogP contribution in [0, 0.1) is 0 Å². The first-order valence-corrected chi connectivity index (χ1v) is 7.98. The van der Waals surface area contributed by atoms with Gasteiger partial charge in [-0.05, 0) is 19.4 Å². The first kappa shape index (κ1) is 18.1. The fraction of sp³-hybridized carbons (Fsp3) is 0.222. The van der Waals surface area contributed by atoms with Crippen LogP contribution in [0.1, 0.15) is 30.8 Å². The molecule has 25 heavy (non-hydrogen) atoms. The number of hydrogen-bond acceptors (Lipinski definition) is 4. The number of benzene rings is 1. The first-order valence-electron chi connectivity index (χ1n) is 7.98. The van der Waals surface area contributed by atoms with E-state index >= 15 is 0 Å². The number of rotatable bonds is 5. The van der Waals surface area contributed by atoms with Crippen molar-refractivity contribution in [2.45, 2.75) is 26.8 Å². The Kier molecular flexibility index (Phi) is 6.22. The smallest absolute Gasteiger partial charge is 0.268 e. The minimum atomic E-state index is -0.589. The van der Waals surface area contributed by atoms with Gasteiger partial charge in [-0.25, -0.2) is 4.68 Å². The Morgan fingerprint density at radius 3 is 2.56 bits per heavy atom. The number of hydrazine groups is 1. The molecule has 0 bridgehead atoms. The largest absolute Gasteiger partial charge is 0.290 e. The average molecular weight is 340 g/mol. The topological polar surface area (TPSA) is 93.1 Å². The lowest BCUT2D eigenvalue weighted by Crippen LogP contribution is -2.42.